The van der Waals surface area contributed by atoms with Crippen molar-refractivity contribution < 1.29 is 19.0 Å². The summed E-state index contributed by atoms with van der Waals surface area (Å²) in [5.41, 5.74) is 0.342. The van der Waals surface area contributed by atoms with Gasteiger partial charge in [0.25, 0.3) is 0 Å². The van der Waals surface area contributed by atoms with Gasteiger partial charge in [0, 0.05) is 23.7 Å². The minimum atomic E-state index is -1.07. The molecule has 8 heteroatoms. The van der Waals surface area contributed by atoms with E-state index in [4.69, 9.17) is 9.47 Å². The van der Waals surface area contributed by atoms with E-state index in [9.17, 15) is 9.50 Å². The van der Waals surface area contributed by atoms with E-state index in [1.807, 2.05) is 0 Å². The minimum absolute atomic E-state index is 0. The average molecular weight is 409 g/mol. The van der Waals surface area contributed by atoms with Gasteiger partial charge in [-0.1, -0.05) is 0 Å². The molecule has 3 heterocycles. The quantitative estimate of drug-likeness (QED) is 0.801. The summed E-state index contributed by atoms with van der Waals surface area (Å²) in [4.78, 5) is 2.35. The zero-order chi connectivity index (χ0) is 16.6. The Morgan fingerprint density at radius 3 is 2.62 bits per heavy atom. The number of nitrogens with one attached hydrogen (secondary N) is 1. The van der Waals surface area contributed by atoms with Crippen molar-refractivity contribution in [1.82, 2.24) is 10.2 Å². The number of hydrogen-bond acceptors (Lipinski definition) is 5. The van der Waals surface area contributed by atoms with Crippen LogP contribution < -0.4 is 10.1 Å². The fraction of sp³-hybridized carbons (Fsp3) is 0.667. The zero-order valence-corrected chi connectivity index (χ0v) is 16.3. The molecule has 3 aliphatic heterocycles. The van der Waals surface area contributed by atoms with E-state index in [-0.39, 0.29) is 30.6 Å². The first kappa shape index (κ1) is 21.7. The van der Waals surface area contributed by atoms with Crippen LogP contribution in [0.25, 0.3) is 0 Å². The second-order valence-corrected chi connectivity index (χ2v) is 6.98. The van der Waals surface area contributed by atoms with Crippen LogP contribution in [0, 0.1) is 5.82 Å². The van der Waals surface area contributed by atoms with Crippen LogP contribution in [0.4, 0.5) is 4.39 Å². The van der Waals surface area contributed by atoms with Crippen LogP contribution >= 0.6 is 24.8 Å². The highest BCUT2D eigenvalue weighted by molar-refractivity contribution is 5.85. The Morgan fingerprint density at radius 1 is 1.23 bits per heavy atom. The lowest BCUT2D eigenvalue weighted by Gasteiger charge is -2.34. The number of piperidine rings is 1. The summed E-state index contributed by atoms with van der Waals surface area (Å²) in [5, 5.41) is 13.5. The number of benzene rings is 1. The van der Waals surface area contributed by atoms with Gasteiger partial charge in [-0.3, -0.25) is 4.90 Å². The number of nitrogens with zero attached hydrogens (tertiary/aromatic N) is 1. The van der Waals surface area contributed by atoms with Crippen molar-refractivity contribution in [3.8, 4) is 5.75 Å². The summed E-state index contributed by atoms with van der Waals surface area (Å²) in [6.45, 7) is 5.15. The number of hydrogen-bond donors (Lipinski definition) is 2. The van der Waals surface area contributed by atoms with Gasteiger partial charge in [0.1, 0.15) is 23.8 Å². The van der Waals surface area contributed by atoms with Crippen LogP contribution in [-0.2, 0) is 10.3 Å². The SMILES string of the molecule is Cl.Cl.OC1OC2(CCNCC2)c2c(F)cc(OCCN3CCCC3)cc21. The van der Waals surface area contributed by atoms with E-state index < -0.39 is 11.9 Å². The minimum Gasteiger partial charge on any atom is -0.492 e. The number of rotatable bonds is 4. The summed E-state index contributed by atoms with van der Waals surface area (Å²) in [6, 6.07) is 3.18. The third-order valence-electron chi connectivity index (χ3n) is 5.44. The van der Waals surface area contributed by atoms with Gasteiger partial charge >= 0.3 is 0 Å². The van der Waals surface area contributed by atoms with Crippen molar-refractivity contribution >= 4 is 24.8 Å². The molecule has 2 fully saturated rings. The number of ether oxygens (including phenoxy) is 2. The third-order valence-corrected chi connectivity index (χ3v) is 5.44. The lowest BCUT2D eigenvalue weighted by molar-refractivity contribution is -0.182. The van der Waals surface area contributed by atoms with E-state index in [0.29, 0.717) is 36.3 Å². The Hall–Kier alpha value is -0.630. The maximum Gasteiger partial charge on any atom is 0.182 e. The van der Waals surface area contributed by atoms with Crippen molar-refractivity contribution in [2.45, 2.75) is 37.6 Å². The third kappa shape index (κ3) is 4.11. The topological polar surface area (TPSA) is 54.0 Å². The molecule has 3 aliphatic rings. The molecule has 0 aromatic heterocycles. The van der Waals surface area contributed by atoms with Gasteiger partial charge in [0.2, 0.25) is 0 Å². The highest BCUT2D eigenvalue weighted by atomic mass is 35.5. The van der Waals surface area contributed by atoms with Crippen molar-refractivity contribution in [1.29, 1.82) is 0 Å². The van der Waals surface area contributed by atoms with E-state index in [2.05, 4.69) is 10.2 Å². The fourth-order valence-corrected chi connectivity index (χ4v) is 4.19. The monoisotopic (exact) mass is 408 g/mol. The predicted molar refractivity (Wildman–Crippen MR) is 102 cm³/mol. The molecule has 1 aromatic carbocycles. The van der Waals surface area contributed by atoms with E-state index >= 15 is 0 Å². The molecule has 1 spiro atoms. The lowest BCUT2D eigenvalue weighted by Crippen LogP contribution is -2.40. The molecule has 26 heavy (non-hydrogen) atoms. The fourth-order valence-electron chi connectivity index (χ4n) is 4.19. The summed E-state index contributed by atoms with van der Waals surface area (Å²) in [7, 11) is 0. The number of aliphatic hydroxyl groups excluding tert-OH is 1. The molecule has 0 aliphatic carbocycles. The van der Waals surface area contributed by atoms with Crippen molar-refractivity contribution in [3.63, 3.8) is 0 Å². The van der Waals surface area contributed by atoms with Crippen molar-refractivity contribution in [3.05, 3.63) is 29.1 Å². The predicted octanol–water partition coefficient (Wildman–Crippen LogP) is 2.74. The van der Waals surface area contributed by atoms with Crippen LogP contribution in [0.3, 0.4) is 0 Å². The number of likely N-dealkylation sites (tertiary alicyclic amines) is 1. The Labute approximate surface area is 166 Å². The Balaban J connectivity index is 0.00000121. The Bertz CT molecular complexity index is 608. The first-order chi connectivity index (χ1) is 11.7. The highest BCUT2D eigenvalue weighted by Gasteiger charge is 2.47. The second kappa shape index (κ2) is 9.04. The Kier molecular flexibility index (Phi) is 7.53. The van der Waals surface area contributed by atoms with Gasteiger partial charge in [0.05, 0.1) is 0 Å². The van der Waals surface area contributed by atoms with Crippen molar-refractivity contribution in [2.75, 3.05) is 39.3 Å². The number of halogens is 3. The summed E-state index contributed by atoms with van der Waals surface area (Å²) in [5.74, 6) is 0.140. The van der Waals surface area contributed by atoms with Crippen LogP contribution in [0.2, 0.25) is 0 Å². The Morgan fingerprint density at radius 2 is 1.92 bits per heavy atom. The first-order valence-corrected chi connectivity index (χ1v) is 8.94. The average Bonchev–Trinajstić information content (AvgIpc) is 3.16. The second-order valence-electron chi connectivity index (χ2n) is 6.98. The van der Waals surface area contributed by atoms with Gasteiger partial charge in [-0.2, -0.15) is 0 Å². The molecule has 1 aromatic rings. The van der Waals surface area contributed by atoms with Crippen LogP contribution in [-0.4, -0.2) is 49.3 Å². The van der Waals surface area contributed by atoms with Crippen LogP contribution in [0.5, 0.6) is 5.75 Å². The lowest BCUT2D eigenvalue weighted by atomic mass is 9.84. The standard InChI is InChI=1S/C18H25FN2O3.2ClH/c19-15-12-13(23-10-9-21-7-1-2-8-21)11-14-16(15)18(24-17(14)22)3-5-20-6-4-18;;/h11-12,17,20,22H,1-10H2;2*1H. The zero-order valence-electron chi connectivity index (χ0n) is 14.7. The van der Waals surface area contributed by atoms with Gasteiger partial charge in [-0.05, 0) is 57.9 Å². The molecule has 5 nitrogen and oxygen atoms in total. The molecule has 4 rings (SSSR count). The molecule has 1 atom stereocenters. The van der Waals surface area contributed by atoms with Gasteiger partial charge < -0.3 is 19.9 Å². The summed E-state index contributed by atoms with van der Waals surface area (Å²) in [6.07, 6.45) is 2.75. The molecule has 1 unspecified atom stereocenters. The molecular formula is C18H27Cl2FN2O3. The highest BCUT2D eigenvalue weighted by Crippen LogP contribution is 2.49. The number of fused-ring (bicyclic) bond motifs is 2. The maximum atomic E-state index is 14.8. The normalized spacial score (nSPS) is 24.0. The van der Waals surface area contributed by atoms with Crippen LogP contribution in [0.15, 0.2) is 12.1 Å². The molecule has 148 valence electrons. The number of aliphatic hydroxyl groups is 1. The smallest absolute Gasteiger partial charge is 0.182 e. The summed E-state index contributed by atoms with van der Waals surface area (Å²) < 4.78 is 26.3. The largest absolute Gasteiger partial charge is 0.492 e. The van der Waals surface area contributed by atoms with E-state index in [1.165, 1.54) is 18.9 Å². The van der Waals surface area contributed by atoms with Crippen molar-refractivity contribution in [2.24, 2.45) is 0 Å². The molecule has 2 saturated heterocycles. The maximum absolute atomic E-state index is 14.8. The summed E-state index contributed by atoms with van der Waals surface area (Å²) >= 11 is 0. The van der Waals surface area contributed by atoms with Crippen LogP contribution in [0.1, 0.15) is 43.1 Å². The molecule has 0 saturated carbocycles. The van der Waals surface area contributed by atoms with Gasteiger partial charge in [-0.25, -0.2) is 4.39 Å². The van der Waals surface area contributed by atoms with Gasteiger partial charge in [0.15, 0.2) is 6.29 Å². The van der Waals surface area contributed by atoms with Gasteiger partial charge in [-0.15, -0.1) is 24.8 Å². The van der Waals surface area contributed by atoms with E-state index in [0.717, 1.165) is 32.7 Å². The molecule has 0 radical (unpaired) electrons. The molecule has 0 bridgehead atoms. The van der Waals surface area contributed by atoms with E-state index in [1.54, 1.807) is 6.07 Å². The molecule has 2 N–H and O–H groups in total. The molecule has 0 amide bonds. The first-order valence-electron chi connectivity index (χ1n) is 8.94. The molecular weight excluding hydrogens is 382 g/mol.